The lowest BCUT2D eigenvalue weighted by Crippen LogP contribution is -2.03. The molecule has 0 bridgehead atoms. The molecule has 8 rings (SSSR count). The van der Waals surface area contributed by atoms with E-state index in [0.29, 0.717) is 10.8 Å². The number of fused-ring (bicyclic) bond motifs is 4. The van der Waals surface area contributed by atoms with E-state index >= 15 is 0 Å². The monoisotopic (exact) mass is 941 g/mol. The van der Waals surface area contributed by atoms with Crippen molar-refractivity contribution in [2.75, 3.05) is 5.73 Å². The first kappa shape index (κ1) is 43.5. The summed E-state index contributed by atoms with van der Waals surface area (Å²) in [5.41, 5.74) is 5.27. The van der Waals surface area contributed by atoms with Crippen LogP contribution >= 0.6 is 0 Å². The number of nitrogens with two attached hydrogens (primary N) is 1. The molecule has 0 atom stereocenters. The summed E-state index contributed by atoms with van der Waals surface area (Å²) in [6.07, 6.45) is 0. The fourth-order valence-electron chi connectivity index (χ4n) is 6.85. The molecule has 0 unspecified atom stereocenters. The third kappa shape index (κ3) is 8.49. The van der Waals surface area contributed by atoms with Gasteiger partial charge in [-0.05, 0) is 83.6 Å². The van der Waals surface area contributed by atoms with Crippen LogP contribution in [0.2, 0.25) is 0 Å². The number of hydrogen-bond acceptors (Lipinski definition) is 16. The van der Waals surface area contributed by atoms with Gasteiger partial charge in [-0.1, -0.05) is 48.5 Å². The number of azo groups is 3. The standard InChI is InChI=1S/C40H27N7O13S4/c41-23-9-11-27-22(16-23)17-37(64(58,59)60)39(40(27)48)47-44-33-15-14-32(28-12-10-25(20-30(28)33)61(49,50)51)43-46-38-26-5-2-1-4-21(26)8-13-34(38)45-42-24-18-31-29(36(19-24)63(55,56)57)6-3-7-35(31)62(52,53)54/h1-20,48H,41H2,(H,49,50,51)(H,52,53,54)(H,55,56,57)(H,58,59,60). The Hall–Kier alpha value is -7.16. The number of hydrogen-bond donors (Lipinski definition) is 6. The van der Waals surface area contributed by atoms with Gasteiger partial charge in [-0.15, -0.1) is 25.6 Å². The Morgan fingerprint density at radius 3 is 1.69 bits per heavy atom. The van der Waals surface area contributed by atoms with Gasteiger partial charge in [-0.2, -0.15) is 38.8 Å². The number of nitrogen functional groups attached to an aromatic ring is 1. The summed E-state index contributed by atoms with van der Waals surface area (Å²) in [7, 11) is -19.7. The minimum absolute atomic E-state index is 0.00943. The van der Waals surface area contributed by atoms with E-state index in [2.05, 4.69) is 30.7 Å². The van der Waals surface area contributed by atoms with E-state index in [0.717, 1.165) is 36.4 Å². The smallest absolute Gasteiger partial charge is 0.296 e. The molecule has 0 aliphatic rings. The summed E-state index contributed by atoms with van der Waals surface area (Å²) in [6.45, 7) is 0. The van der Waals surface area contributed by atoms with Gasteiger partial charge in [0.15, 0.2) is 5.75 Å². The van der Waals surface area contributed by atoms with Crippen LogP contribution in [-0.4, -0.2) is 57.0 Å². The molecule has 324 valence electrons. The predicted molar refractivity (Wildman–Crippen MR) is 234 cm³/mol. The van der Waals surface area contributed by atoms with E-state index in [1.165, 1.54) is 54.6 Å². The third-order valence-electron chi connectivity index (χ3n) is 9.72. The van der Waals surface area contributed by atoms with Crippen molar-refractivity contribution in [1.29, 1.82) is 0 Å². The predicted octanol–water partition coefficient (Wildman–Crippen LogP) is 9.82. The van der Waals surface area contributed by atoms with Crippen molar-refractivity contribution in [3.8, 4) is 5.75 Å². The quantitative estimate of drug-likeness (QED) is 0.0422. The first-order chi connectivity index (χ1) is 30.1. The average molecular weight is 942 g/mol. The van der Waals surface area contributed by atoms with Gasteiger partial charge in [0.25, 0.3) is 40.5 Å². The number of aromatic hydroxyl groups is 1. The largest absolute Gasteiger partial charge is 0.505 e. The maximum Gasteiger partial charge on any atom is 0.296 e. The van der Waals surface area contributed by atoms with E-state index in [1.54, 1.807) is 30.3 Å². The van der Waals surface area contributed by atoms with Gasteiger partial charge in [0, 0.05) is 38.0 Å². The average Bonchev–Trinajstić information content (AvgIpc) is 3.22. The Balaban J connectivity index is 1.27. The molecule has 0 radical (unpaired) electrons. The van der Waals surface area contributed by atoms with Crippen LogP contribution in [0, 0.1) is 0 Å². The highest BCUT2D eigenvalue weighted by atomic mass is 32.2. The molecule has 0 saturated heterocycles. The molecular weight excluding hydrogens is 915 g/mol. The Morgan fingerprint density at radius 2 is 1.00 bits per heavy atom. The highest BCUT2D eigenvalue weighted by Crippen LogP contribution is 2.44. The molecule has 0 aliphatic carbocycles. The van der Waals surface area contributed by atoms with Gasteiger partial charge in [0.05, 0.1) is 22.0 Å². The zero-order valence-corrected chi connectivity index (χ0v) is 35.2. The summed E-state index contributed by atoms with van der Waals surface area (Å²) in [6, 6.07) is 26.9. The second-order valence-corrected chi connectivity index (χ2v) is 19.4. The minimum atomic E-state index is -5.01. The summed E-state index contributed by atoms with van der Waals surface area (Å²) in [5.74, 6) is -0.674. The molecule has 0 aromatic heterocycles. The number of benzene rings is 8. The topological polar surface area (TPSA) is 338 Å². The fourth-order valence-corrected chi connectivity index (χ4v) is 9.44. The lowest BCUT2D eigenvalue weighted by atomic mass is 10.1. The molecule has 0 spiro atoms. The number of rotatable bonds is 10. The Bertz CT molecular complexity index is 3880. The molecule has 8 aromatic rings. The summed E-state index contributed by atoms with van der Waals surface area (Å²) < 4.78 is 138. The molecule has 7 N–H and O–H groups in total. The van der Waals surface area contributed by atoms with Gasteiger partial charge < -0.3 is 10.8 Å². The van der Waals surface area contributed by atoms with Gasteiger partial charge in [0.2, 0.25) is 0 Å². The Morgan fingerprint density at radius 1 is 0.391 bits per heavy atom. The van der Waals surface area contributed by atoms with Crippen LogP contribution < -0.4 is 5.73 Å². The van der Waals surface area contributed by atoms with Crippen LogP contribution in [-0.2, 0) is 40.5 Å². The number of anilines is 1. The summed E-state index contributed by atoms with van der Waals surface area (Å²) in [5, 5.41) is 37.5. The lowest BCUT2D eigenvalue weighted by Gasteiger charge is -2.10. The summed E-state index contributed by atoms with van der Waals surface area (Å²) >= 11 is 0. The number of phenols is 1. The first-order valence-electron chi connectivity index (χ1n) is 17.9. The van der Waals surface area contributed by atoms with E-state index in [-0.39, 0.29) is 66.4 Å². The van der Waals surface area contributed by atoms with Crippen LogP contribution in [0.4, 0.5) is 39.8 Å². The molecule has 20 nitrogen and oxygen atoms in total. The number of phenolic OH excluding ortho intramolecular Hbond substituents is 1. The van der Waals surface area contributed by atoms with E-state index in [4.69, 9.17) is 5.73 Å². The maximum atomic E-state index is 12.4. The summed E-state index contributed by atoms with van der Waals surface area (Å²) in [4.78, 5) is -2.75. The van der Waals surface area contributed by atoms with Crippen molar-refractivity contribution >= 4 is 123 Å². The Labute approximate surface area is 361 Å². The molecule has 24 heteroatoms. The molecule has 0 saturated carbocycles. The van der Waals surface area contributed by atoms with Crippen molar-refractivity contribution in [2.45, 2.75) is 19.6 Å². The lowest BCUT2D eigenvalue weighted by molar-refractivity contribution is 0.472. The van der Waals surface area contributed by atoms with Crippen LogP contribution in [0.5, 0.6) is 5.75 Å². The Kier molecular flexibility index (Phi) is 10.8. The van der Waals surface area contributed by atoms with Gasteiger partial charge in [-0.3, -0.25) is 18.2 Å². The van der Waals surface area contributed by atoms with Crippen molar-refractivity contribution in [3.05, 3.63) is 121 Å². The maximum absolute atomic E-state index is 12.4. The van der Waals surface area contributed by atoms with Crippen molar-refractivity contribution in [2.24, 2.45) is 30.7 Å². The normalized spacial score (nSPS) is 13.1. The van der Waals surface area contributed by atoms with Crippen LogP contribution in [0.1, 0.15) is 0 Å². The van der Waals surface area contributed by atoms with Crippen LogP contribution in [0.15, 0.2) is 172 Å². The fraction of sp³-hybridized carbons (Fsp3) is 0. The second kappa shape index (κ2) is 15.9. The van der Waals surface area contributed by atoms with E-state index in [1.807, 2.05) is 0 Å². The zero-order valence-electron chi connectivity index (χ0n) is 31.9. The van der Waals surface area contributed by atoms with Crippen molar-refractivity contribution < 1.29 is 57.0 Å². The SMILES string of the molecule is Nc1ccc2c(O)c(N=Nc3ccc(N=Nc4c(N=Nc5cc(S(=O)(=O)O)c6cccc(S(=O)(=O)O)c6c5)ccc5ccccc45)c4ccc(S(=O)(=O)O)cc34)c(S(=O)(=O)O)cc2c1. The molecule has 8 aromatic carbocycles. The van der Waals surface area contributed by atoms with Gasteiger partial charge >= 0.3 is 0 Å². The van der Waals surface area contributed by atoms with Crippen molar-refractivity contribution in [3.63, 3.8) is 0 Å². The second-order valence-electron chi connectivity index (χ2n) is 13.8. The first-order valence-corrected chi connectivity index (χ1v) is 23.7. The molecule has 0 aliphatic heterocycles. The molecule has 0 amide bonds. The van der Waals surface area contributed by atoms with E-state index < -0.39 is 71.5 Å². The molecule has 64 heavy (non-hydrogen) atoms. The molecular formula is C40H27N7O13S4. The van der Waals surface area contributed by atoms with Crippen molar-refractivity contribution in [1.82, 2.24) is 0 Å². The number of nitrogens with zero attached hydrogens (tertiary/aromatic N) is 6. The van der Waals surface area contributed by atoms with Crippen LogP contribution in [0.25, 0.3) is 43.1 Å². The van der Waals surface area contributed by atoms with E-state index in [9.17, 15) is 57.0 Å². The highest BCUT2D eigenvalue weighted by Gasteiger charge is 2.24. The zero-order chi connectivity index (χ0) is 45.9. The van der Waals surface area contributed by atoms with Gasteiger partial charge in [-0.25, -0.2) is 0 Å². The minimum Gasteiger partial charge on any atom is -0.505 e. The molecule has 0 heterocycles. The van der Waals surface area contributed by atoms with Gasteiger partial charge in [0.1, 0.15) is 31.7 Å². The highest BCUT2D eigenvalue weighted by molar-refractivity contribution is 7.87. The molecule has 0 fully saturated rings. The van der Waals surface area contributed by atoms with Crippen LogP contribution in [0.3, 0.4) is 0 Å². The third-order valence-corrected chi connectivity index (χ3v) is 13.2.